The van der Waals surface area contributed by atoms with Crippen molar-refractivity contribution in [3.05, 3.63) is 24.0 Å². The van der Waals surface area contributed by atoms with Crippen LogP contribution in [-0.2, 0) is 4.79 Å². The Balaban J connectivity index is 0.00000121. The lowest BCUT2D eigenvalue weighted by Crippen LogP contribution is -1.93. The summed E-state index contributed by atoms with van der Waals surface area (Å²) in [7, 11) is 0. The normalized spacial score (nSPS) is 10.6. The Kier molecular flexibility index (Phi) is 3.99. The van der Waals surface area contributed by atoms with E-state index >= 15 is 0 Å². The number of imidazole rings is 1. The van der Waals surface area contributed by atoms with Crippen molar-refractivity contribution in [1.82, 2.24) is 9.97 Å². The molecule has 1 heterocycles. The van der Waals surface area contributed by atoms with E-state index in [1.54, 1.807) is 0 Å². The average molecular weight is 193 g/mol. The van der Waals surface area contributed by atoms with E-state index in [4.69, 9.17) is 5.11 Å². The highest BCUT2D eigenvalue weighted by Crippen LogP contribution is 2.03. The lowest BCUT2D eigenvalue weighted by atomic mass is 10.4. The van der Waals surface area contributed by atoms with Gasteiger partial charge in [-0.1, -0.05) is 0 Å². The van der Waals surface area contributed by atoms with Gasteiger partial charge in [0, 0.05) is 6.08 Å². The molecule has 6 heteroatoms. The van der Waals surface area contributed by atoms with Crippen LogP contribution in [0.4, 0.5) is 4.39 Å². The minimum atomic E-state index is -1.58. The Bertz CT molecular complexity index is 284. The van der Waals surface area contributed by atoms with E-state index in [1.807, 2.05) is 0 Å². The van der Waals surface area contributed by atoms with Gasteiger partial charge in [0.2, 0.25) is 5.83 Å². The number of H-pyrrole nitrogens is 1. The lowest BCUT2D eigenvalue weighted by molar-refractivity contribution is -0.134. The number of aromatic nitrogens is 2. The molecular formula is C6H6ClFN2O2. The number of carboxylic acids is 1. The smallest absolute Gasteiger partial charge is 0.364 e. The molecule has 0 aliphatic rings. The summed E-state index contributed by atoms with van der Waals surface area (Å²) < 4.78 is 12.3. The first-order valence-corrected chi connectivity index (χ1v) is 2.79. The summed E-state index contributed by atoms with van der Waals surface area (Å²) in [6.45, 7) is 0. The highest BCUT2D eigenvalue weighted by atomic mass is 35.5. The number of hydrogen-bond donors (Lipinski definition) is 2. The summed E-state index contributed by atoms with van der Waals surface area (Å²) >= 11 is 0. The van der Waals surface area contributed by atoms with Gasteiger partial charge in [0.25, 0.3) is 0 Å². The van der Waals surface area contributed by atoms with Crippen molar-refractivity contribution >= 4 is 24.5 Å². The van der Waals surface area contributed by atoms with Gasteiger partial charge in [0.1, 0.15) is 0 Å². The van der Waals surface area contributed by atoms with Gasteiger partial charge in [0.05, 0.1) is 18.2 Å². The second kappa shape index (κ2) is 4.50. The van der Waals surface area contributed by atoms with Crippen LogP contribution >= 0.6 is 12.4 Å². The van der Waals surface area contributed by atoms with Gasteiger partial charge < -0.3 is 10.1 Å². The van der Waals surface area contributed by atoms with Gasteiger partial charge in [-0.25, -0.2) is 9.78 Å². The SMILES string of the molecule is Cl.O=C(O)/C(F)=C\c1cnc[nH]1. The maximum atomic E-state index is 12.3. The van der Waals surface area contributed by atoms with Gasteiger partial charge in [-0.15, -0.1) is 12.4 Å². The Labute approximate surface area is 73.5 Å². The molecule has 66 valence electrons. The second-order valence-corrected chi connectivity index (χ2v) is 1.80. The monoisotopic (exact) mass is 192 g/mol. The molecule has 0 unspecified atom stereocenters. The molecule has 0 bridgehead atoms. The molecule has 1 rings (SSSR count). The topological polar surface area (TPSA) is 66.0 Å². The van der Waals surface area contributed by atoms with Gasteiger partial charge in [-0.2, -0.15) is 4.39 Å². The van der Waals surface area contributed by atoms with E-state index in [0.29, 0.717) is 5.69 Å². The summed E-state index contributed by atoms with van der Waals surface area (Å²) in [6, 6.07) is 0. The van der Waals surface area contributed by atoms with Crippen LogP contribution in [0.3, 0.4) is 0 Å². The van der Waals surface area contributed by atoms with E-state index in [2.05, 4.69) is 9.97 Å². The van der Waals surface area contributed by atoms with E-state index < -0.39 is 11.8 Å². The van der Waals surface area contributed by atoms with Crippen molar-refractivity contribution < 1.29 is 14.3 Å². The van der Waals surface area contributed by atoms with Gasteiger partial charge in [-0.3, -0.25) is 0 Å². The number of rotatable bonds is 2. The number of hydrogen-bond acceptors (Lipinski definition) is 2. The fraction of sp³-hybridized carbons (Fsp3) is 0. The molecule has 0 aliphatic carbocycles. The Morgan fingerprint density at radius 1 is 1.75 bits per heavy atom. The van der Waals surface area contributed by atoms with Crippen LogP contribution in [0.15, 0.2) is 18.4 Å². The molecule has 4 nitrogen and oxygen atoms in total. The van der Waals surface area contributed by atoms with Gasteiger partial charge in [-0.05, 0) is 0 Å². The van der Waals surface area contributed by atoms with E-state index in [-0.39, 0.29) is 12.4 Å². The molecule has 1 aromatic heterocycles. The van der Waals surface area contributed by atoms with Crippen molar-refractivity contribution in [2.24, 2.45) is 0 Å². The van der Waals surface area contributed by atoms with Crippen molar-refractivity contribution in [2.75, 3.05) is 0 Å². The van der Waals surface area contributed by atoms with Gasteiger partial charge in [0.15, 0.2) is 0 Å². The fourth-order valence-electron chi connectivity index (χ4n) is 0.544. The zero-order valence-electron chi connectivity index (χ0n) is 5.82. The average Bonchev–Trinajstić information content (AvgIpc) is 2.39. The summed E-state index contributed by atoms with van der Waals surface area (Å²) in [5, 5.41) is 8.10. The van der Waals surface area contributed by atoms with Crippen LogP contribution in [0.5, 0.6) is 0 Å². The molecule has 0 spiro atoms. The zero-order valence-corrected chi connectivity index (χ0v) is 6.64. The van der Waals surface area contributed by atoms with Crippen molar-refractivity contribution in [3.8, 4) is 0 Å². The van der Waals surface area contributed by atoms with Crippen LogP contribution in [-0.4, -0.2) is 21.0 Å². The predicted octanol–water partition coefficient (Wildman–Crippen LogP) is 1.23. The fourth-order valence-corrected chi connectivity index (χ4v) is 0.544. The molecule has 0 radical (unpaired) electrons. The van der Waals surface area contributed by atoms with Gasteiger partial charge >= 0.3 is 5.97 Å². The molecule has 0 aromatic carbocycles. The Morgan fingerprint density at radius 2 is 2.42 bits per heavy atom. The van der Waals surface area contributed by atoms with Crippen molar-refractivity contribution in [1.29, 1.82) is 0 Å². The molecule has 0 saturated heterocycles. The first kappa shape index (κ1) is 10.6. The quantitative estimate of drug-likeness (QED) is 0.693. The standard InChI is InChI=1S/C6H5FN2O2.ClH/c7-5(6(10)11)1-4-2-8-3-9-4;/h1-3H,(H,8,9)(H,10,11);1H/b5-1+;. The maximum Gasteiger partial charge on any atom is 0.364 e. The maximum absolute atomic E-state index is 12.3. The van der Waals surface area contributed by atoms with E-state index in [1.165, 1.54) is 12.5 Å². The molecule has 0 atom stereocenters. The third kappa shape index (κ3) is 2.71. The molecule has 0 amide bonds. The highest BCUT2D eigenvalue weighted by Gasteiger charge is 2.04. The van der Waals surface area contributed by atoms with Crippen molar-refractivity contribution in [3.63, 3.8) is 0 Å². The minimum absolute atomic E-state index is 0. The predicted molar refractivity (Wildman–Crippen MR) is 42.6 cm³/mol. The molecular weight excluding hydrogens is 187 g/mol. The molecule has 12 heavy (non-hydrogen) atoms. The molecule has 2 N–H and O–H groups in total. The number of carboxylic acid groups (broad SMARTS) is 1. The van der Waals surface area contributed by atoms with Crippen LogP contribution in [0.25, 0.3) is 6.08 Å². The highest BCUT2D eigenvalue weighted by molar-refractivity contribution is 5.89. The Morgan fingerprint density at radius 3 is 2.83 bits per heavy atom. The van der Waals surface area contributed by atoms with E-state index in [0.717, 1.165) is 6.08 Å². The number of aromatic amines is 1. The summed E-state index contributed by atoms with van der Waals surface area (Å²) in [5.74, 6) is -2.80. The van der Waals surface area contributed by atoms with E-state index in [9.17, 15) is 9.18 Å². The number of nitrogens with one attached hydrogen (secondary N) is 1. The minimum Gasteiger partial charge on any atom is -0.476 e. The summed E-state index contributed by atoms with van der Waals surface area (Å²) in [6.07, 6.45) is 3.51. The van der Waals surface area contributed by atoms with Crippen molar-refractivity contribution in [2.45, 2.75) is 0 Å². The molecule has 1 aromatic rings. The largest absolute Gasteiger partial charge is 0.476 e. The third-order valence-electron chi connectivity index (χ3n) is 1.01. The van der Waals surface area contributed by atoms with Crippen LogP contribution in [0.1, 0.15) is 5.69 Å². The summed E-state index contributed by atoms with van der Waals surface area (Å²) in [5.41, 5.74) is 0.324. The first-order chi connectivity index (χ1) is 5.20. The number of nitrogens with zero attached hydrogens (tertiary/aromatic N) is 1. The molecule has 0 saturated carbocycles. The Hall–Kier alpha value is -1.36. The zero-order chi connectivity index (χ0) is 8.27. The molecule has 0 aliphatic heterocycles. The number of carbonyl (C=O) groups is 1. The second-order valence-electron chi connectivity index (χ2n) is 1.80. The third-order valence-corrected chi connectivity index (χ3v) is 1.01. The van der Waals surface area contributed by atoms with Crippen LogP contribution in [0, 0.1) is 0 Å². The summed E-state index contributed by atoms with van der Waals surface area (Å²) in [4.78, 5) is 16.1. The number of aliphatic carboxylic acids is 1. The molecule has 0 fully saturated rings. The van der Waals surface area contributed by atoms with Crippen LogP contribution in [0.2, 0.25) is 0 Å². The van der Waals surface area contributed by atoms with Crippen LogP contribution < -0.4 is 0 Å². The lowest BCUT2D eigenvalue weighted by Gasteiger charge is -1.85. The number of halogens is 2. The first-order valence-electron chi connectivity index (χ1n) is 2.79.